The van der Waals surface area contributed by atoms with Crippen molar-refractivity contribution in [1.82, 2.24) is 14.9 Å². The molecule has 2 aromatic carbocycles. The zero-order chi connectivity index (χ0) is 23.2. The molecule has 1 aliphatic heterocycles. The van der Waals surface area contributed by atoms with Crippen molar-refractivity contribution in [3.63, 3.8) is 0 Å². The van der Waals surface area contributed by atoms with Crippen LogP contribution in [0.25, 0.3) is 0 Å². The van der Waals surface area contributed by atoms with Crippen LogP contribution in [-0.4, -0.2) is 53.7 Å². The molecule has 3 aromatic rings. The second-order valence-corrected chi connectivity index (χ2v) is 8.05. The van der Waals surface area contributed by atoms with Crippen molar-refractivity contribution in [3.05, 3.63) is 77.9 Å². The number of aromatic amines is 1. The molecule has 1 aliphatic rings. The lowest BCUT2D eigenvalue weighted by atomic mass is 9.97. The molecule has 0 radical (unpaired) electrons. The van der Waals surface area contributed by atoms with Gasteiger partial charge in [-0.25, -0.2) is 4.98 Å². The van der Waals surface area contributed by atoms with Gasteiger partial charge in [-0.05, 0) is 42.7 Å². The molecule has 1 saturated heterocycles. The Morgan fingerprint density at radius 3 is 2.79 bits per heavy atom. The first-order valence-electron chi connectivity index (χ1n) is 10.9. The number of amides is 1. The topological polar surface area (TPSA) is 85.2 Å². The van der Waals surface area contributed by atoms with Crippen LogP contribution < -0.4 is 9.64 Å². The van der Waals surface area contributed by atoms with Gasteiger partial charge in [0.05, 0.1) is 50.0 Å². The predicted octanol–water partition coefficient (Wildman–Crippen LogP) is 3.65. The lowest BCUT2D eigenvalue weighted by molar-refractivity contribution is -0.123. The van der Waals surface area contributed by atoms with Gasteiger partial charge in [-0.3, -0.25) is 14.1 Å². The number of carbonyl (C=O) groups is 1. The van der Waals surface area contributed by atoms with Crippen LogP contribution in [0.1, 0.15) is 29.3 Å². The van der Waals surface area contributed by atoms with Crippen molar-refractivity contribution in [1.29, 1.82) is 5.26 Å². The monoisotopic (exact) mass is 447 g/mol. The number of benzene rings is 2. The highest BCUT2D eigenvalue weighted by atomic mass is 19.1. The summed E-state index contributed by atoms with van der Waals surface area (Å²) >= 11 is 0. The fourth-order valence-corrected chi connectivity index (χ4v) is 4.36. The molecule has 33 heavy (non-hydrogen) atoms. The van der Waals surface area contributed by atoms with Crippen LogP contribution in [-0.2, 0) is 11.2 Å². The summed E-state index contributed by atoms with van der Waals surface area (Å²) in [6, 6.07) is 16.5. The van der Waals surface area contributed by atoms with Crippen molar-refractivity contribution in [3.8, 4) is 11.8 Å². The third kappa shape index (κ3) is 5.04. The SMILES string of the molecule is COc1cccc(N2C[C@H](CCF)N(C(Cc3ccc(C#N)cc3)c3cnc[nH]3)CC2=O)c1. The molecule has 0 spiro atoms. The van der Waals surface area contributed by atoms with E-state index in [2.05, 4.69) is 20.9 Å². The van der Waals surface area contributed by atoms with Crippen LogP contribution in [0.5, 0.6) is 5.75 Å². The predicted molar refractivity (Wildman–Crippen MR) is 123 cm³/mol. The Hall–Kier alpha value is -3.70. The second-order valence-electron chi connectivity index (χ2n) is 8.05. The molecule has 2 atom stereocenters. The Balaban J connectivity index is 1.63. The van der Waals surface area contributed by atoms with E-state index in [1.54, 1.807) is 36.7 Å². The number of H-pyrrole nitrogens is 1. The van der Waals surface area contributed by atoms with E-state index in [0.29, 0.717) is 30.7 Å². The first-order valence-corrected chi connectivity index (χ1v) is 10.9. The highest BCUT2D eigenvalue weighted by molar-refractivity contribution is 5.96. The number of nitrogens with one attached hydrogen (secondary N) is 1. The summed E-state index contributed by atoms with van der Waals surface area (Å²) in [7, 11) is 1.59. The Labute approximate surface area is 192 Å². The number of alkyl halides is 1. The number of imidazole rings is 1. The number of ether oxygens (including phenoxy) is 1. The number of nitriles is 1. The van der Waals surface area contributed by atoms with Gasteiger partial charge in [-0.2, -0.15) is 5.26 Å². The maximum Gasteiger partial charge on any atom is 0.241 e. The van der Waals surface area contributed by atoms with Gasteiger partial charge in [0.25, 0.3) is 0 Å². The smallest absolute Gasteiger partial charge is 0.241 e. The largest absolute Gasteiger partial charge is 0.497 e. The van der Waals surface area contributed by atoms with Crippen LogP contribution in [0.3, 0.4) is 0 Å². The van der Waals surface area contributed by atoms with Gasteiger partial charge < -0.3 is 14.6 Å². The Morgan fingerprint density at radius 2 is 2.12 bits per heavy atom. The molecule has 170 valence electrons. The van der Waals surface area contributed by atoms with Crippen molar-refractivity contribution >= 4 is 11.6 Å². The summed E-state index contributed by atoms with van der Waals surface area (Å²) in [4.78, 5) is 24.4. The average molecular weight is 448 g/mol. The normalized spacial score (nSPS) is 17.5. The summed E-state index contributed by atoms with van der Waals surface area (Å²) < 4.78 is 18.9. The van der Waals surface area contributed by atoms with Gasteiger partial charge in [0.15, 0.2) is 0 Å². The summed E-state index contributed by atoms with van der Waals surface area (Å²) in [5.41, 5.74) is 3.23. The van der Waals surface area contributed by atoms with E-state index in [9.17, 15) is 9.18 Å². The molecular weight excluding hydrogens is 421 g/mol. The fraction of sp³-hybridized carbons (Fsp3) is 0.320. The lowest BCUT2D eigenvalue weighted by Gasteiger charge is -2.44. The van der Waals surface area contributed by atoms with Gasteiger partial charge in [0.1, 0.15) is 5.75 Å². The highest BCUT2D eigenvalue weighted by Gasteiger charge is 2.37. The Bertz CT molecular complexity index is 1110. The van der Waals surface area contributed by atoms with Crippen molar-refractivity contribution in [2.24, 2.45) is 0 Å². The van der Waals surface area contributed by atoms with Gasteiger partial charge >= 0.3 is 0 Å². The molecule has 4 rings (SSSR count). The van der Waals surface area contributed by atoms with E-state index in [4.69, 9.17) is 10.00 Å². The molecule has 1 fully saturated rings. The molecule has 1 unspecified atom stereocenters. The zero-order valence-electron chi connectivity index (χ0n) is 18.4. The third-order valence-electron chi connectivity index (χ3n) is 6.08. The number of halogens is 1. The second kappa shape index (κ2) is 10.3. The molecule has 8 heteroatoms. The van der Waals surface area contributed by atoms with E-state index < -0.39 is 6.67 Å². The Kier molecular flexibility index (Phi) is 7.01. The van der Waals surface area contributed by atoms with Gasteiger partial charge in [-0.15, -0.1) is 0 Å². The number of nitrogens with zero attached hydrogens (tertiary/aromatic N) is 4. The fourth-order valence-electron chi connectivity index (χ4n) is 4.36. The minimum atomic E-state index is -0.478. The van der Waals surface area contributed by atoms with Crippen molar-refractivity contribution in [2.75, 3.05) is 31.8 Å². The number of aromatic nitrogens is 2. The standard InChI is InChI=1S/C25H26FN5O2/c1-33-22-4-2-3-20(12-22)31-15-21(9-10-26)30(16-25(31)32)24(23-14-28-17-29-23)11-18-5-7-19(13-27)8-6-18/h2-8,12,14,17,21,24H,9-11,15-16H2,1H3,(H,28,29)/t21-,24?/m0/s1. The van der Waals surface area contributed by atoms with E-state index >= 15 is 0 Å². The quantitative estimate of drug-likeness (QED) is 0.570. The average Bonchev–Trinajstić information content (AvgIpc) is 3.39. The minimum absolute atomic E-state index is 0.0531. The number of piperazine rings is 1. The van der Waals surface area contributed by atoms with Gasteiger partial charge in [-0.1, -0.05) is 18.2 Å². The molecule has 1 aromatic heterocycles. The number of rotatable bonds is 8. The van der Waals surface area contributed by atoms with Gasteiger partial charge in [0.2, 0.25) is 5.91 Å². The van der Waals surface area contributed by atoms with Crippen molar-refractivity contribution < 1.29 is 13.9 Å². The van der Waals surface area contributed by atoms with Crippen LogP contribution in [0, 0.1) is 11.3 Å². The van der Waals surface area contributed by atoms with Crippen LogP contribution in [0.15, 0.2) is 61.1 Å². The zero-order valence-corrected chi connectivity index (χ0v) is 18.4. The number of hydrogen-bond acceptors (Lipinski definition) is 5. The van der Waals surface area contributed by atoms with Crippen LogP contribution in [0.4, 0.5) is 10.1 Å². The van der Waals surface area contributed by atoms with Crippen LogP contribution >= 0.6 is 0 Å². The van der Waals surface area contributed by atoms with E-state index in [1.807, 2.05) is 36.4 Å². The van der Waals surface area contributed by atoms with Gasteiger partial charge in [0, 0.05) is 30.5 Å². The Morgan fingerprint density at radius 1 is 1.30 bits per heavy atom. The lowest BCUT2D eigenvalue weighted by Crippen LogP contribution is -2.57. The summed E-state index contributed by atoms with van der Waals surface area (Å²) in [6.45, 7) is 0.0592. The molecular formula is C25H26FN5O2. The number of carbonyl (C=O) groups excluding carboxylic acids is 1. The van der Waals surface area contributed by atoms with E-state index in [1.165, 1.54) is 0 Å². The first kappa shape index (κ1) is 22.5. The number of hydrogen-bond donors (Lipinski definition) is 1. The minimum Gasteiger partial charge on any atom is -0.497 e. The molecule has 7 nitrogen and oxygen atoms in total. The molecule has 0 saturated carbocycles. The summed E-state index contributed by atoms with van der Waals surface area (Å²) in [5, 5.41) is 9.08. The molecule has 2 heterocycles. The molecule has 1 amide bonds. The molecule has 0 bridgehead atoms. The maximum absolute atomic E-state index is 13.6. The first-order chi connectivity index (χ1) is 16.1. The molecule has 1 N–H and O–H groups in total. The van der Waals surface area contributed by atoms with Crippen molar-refractivity contribution in [2.45, 2.75) is 24.9 Å². The van der Waals surface area contributed by atoms with E-state index in [0.717, 1.165) is 16.9 Å². The molecule has 0 aliphatic carbocycles. The van der Waals surface area contributed by atoms with Crippen LogP contribution in [0.2, 0.25) is 0 Å². The highest BCUT2D eigenvalue weighted by Crippen LogP contribution is 2.32. The maximum atomic E-state index is 13.6. The third-order valence-corrected chi connectivity index (χ3v) is 6.08. The van der Waals surface area contributed by atoms with E-state index in [-0.39, 0.29) is 24.5 Å². The number of methoxy groups -OCH3 is 1. The number of anilines is 1. The summed E-state index contributed by atoms with van der Waals surface area (Å²) in [6.07, 6.45) is 4.27. The summed E-state index contributed by atoms with van der Waals surface area (Å²) in [5.74, 6) is 0.614.